The molecule has 7 heteroatoms. The third kappa shape index (κ3) is 11.0. The van der Waals surface area contributed by atoms with Crippen LogP contribution >= 0.6 is 0 Å². The van der Waals surface area contributed by atoms with Crippen molar-refractivity contribution in [2.45, 2.75) is 67.2 Å². The Labute approximate surface area is 246 Å². The van der Waals surface area contributed by atoms with E-state index < -0.39 is 11.6 Å². The minimum atomic E-state index is -0.579. The van der Waals surface area contributed by atoms with Crippen molar-refractivity contribution in [1.82, 2.24) is 10.3 Å². The third-order valence-corrected chi connectivity index (χ3v) is 6.50. The summed E-state index contributed by atoms with van der Waals surface area (Å²) in [6, 6.07) is 6.62. The molecule has 0 radical (unpaired) electrons. The van der Waals surface area contributed by atoms with E-state index in [2.05, 4.69) is 16.4 Å². The van der Waals surface area contributed by atoms with Gasteiger partial charge < -0.3 is 15.0 Å². The van der Waals surface area contributed by atoms with Gasteiger partial charge in [-0.25, -0.2) is 8.78 Å². The maximum atomic E-state index is 14.7. The van der Waals surface area contributed by atoms with Crippen LogP contribution in [0.3, 0.4) is 0 Å². The van der Waals surface area contributed by atoms with E-state index in [-0.39, 0.29) is 5.69 Å². The van der Waals surface area contributed by atoms with E-state index in [1.165, 1.54) is 23.3 Å². The van der Waals surface area contributed by atoms with E-state index in [0.29, 0.717) is 44.0 Å². The number of pyridine rings is 1. The first-order valence-electron chi connectivity index (χ1n) is 15.0. The lowest BCUT2D eigenvalue weighted by Crippen LogP contribution is -2.37. The second kappa shape index (κ2) is 20.7. The fourth-order valence-electron chi connectivity index (χ4n) is 4.57. The van der Waals surface area contributed by atoms with Crippen molar-refractivity contribution >= 4 is 29.7 Å². The van der Waals surface area contributed by atoms with Gasteiger partial charge in [0.05, 0.1) is 18.9 Å². The Morgan fingerprint density at radius 2 is 1.63 bits per heavy atom. The number of hydrogen-bond donors (Lipinski definition) is 1. The standard InChI is InChI=1S/C28H31F2N3O2.3C2H6/c1-31-10-8-22-4-3-21(5-6-24(22)19-34)23-9-11-32-25(18-23)7-2-20-16-26(29)28(27(30)17-20)33-12-14-35-15-13-33;3*1-2/h2,5,7,9,11,16-19,31H,3-4,6,8,10,12-15H2,1H3;3*1-2H3/b7-2+;;;. The Morgan fingerprint density at radius 3 is 2.24 bits per heavy atom. The molecule has 226 valence electrons. The lowest BCUT2D eigenvalue weighted by molar-refractivity contribution is -0.105. The summed E-state index contributed by atoms with van der Waals surface area (Å²) in [4.78, 5) is 17.7. The van der Waals surface area contributed by atoms with Crippen LogP contribution in [0.4, 0.5) is 14.5 Å². The lowest BCUT2D eigenvalue weighted by Gasteiger charge is -2.29. The zero-order valence-corrected chi connectivity index (χ0v) is 26.0. The molecule has 1 aliphatic carbocycles. The van der Waals surface area contributed by atoms with Gasteiger partial charge in [0.15, 0.2) is 0 Å². The van der Waals surface area contributed by atoms with Gasteiger partial charge in [-0.1, -0.05) is 59.3 Å². The van der Waals surface area contributed by atoms with Gasteiger partial charge in [-0.2, -0.15) is 0 Å². The minimum Gasteiger partial charge on any atom is -0.378 e. The van der Waals surface area contributed by atoms with Crippen LogP contribution in [0.2, 0.25) is 0 Å². The summed E-state index contributed by atoms with van der Waals surface area (Å²) < 4.78 is 34.7. The van der Waals surface area contributed by atoms with Crippen molar-refractivity contribution in [2.24, 2.45) is 0 Å². The number of aldehydes is 1. The molecule has 0 bridgehead atoms. The summed E-state index contributed by atoms with van der Waals surface area (Å²) in [6.45, 7) is 14.7. The minimum absolute atomic E-state index is 0.00302. The highest BCUT2D eigenvalue weighted by Crippen LogP contribution is 2.31. The lowest BCUT2D eigenvalue weighted by atomic mass is 9.98. The molecule has 0 spiro atoms. The summed E-state index contributed by atoms with van der Waals surface area (Å²) >= 11 is 0. The Morgan fingerprint density at radius 1 is 0.976 bits per heavy atom. The van der Waals surface area contributed by atoms with Gasteiger partial charge in [0.1, 0.15) is 23.6 Å². The molecule has 1 aromatic carbocycles. The van der Waals surface area contributed by atoms with E-state index in [9.17, 15) is 13.6 Å². The van der Waals surface area contributed by atoms with Gasteiger partial charge in [0.2, 0.25) is 0 Å². The maximum absolute atomic E-state index is 14.7. The van der Waals surface area contributed by atoms with Crippen molar-refractivity contribution in [2.75, 3.05) is 44.8 Å². The summed E-state index contributed by atoms with van der Waals surface area (Å²) in [7, 11) is 1.91. The number of allylic oxidation sites excluding steroid dienone is 3. The van der Waals surface area contributed by atoms with Gasteiger partial charge in [-0.3, -0.25) is 9.78 Å². The molecule has 4 rings (SSSR count). The quantitative estimate of drug-likeness (QED) is 0.326. The third-order valence-electron chi connectivity index (χ3n) is 6.50. The van der Waals surface area contributed by atoms with Crippen LogP contribution in [0.5, 0.6) is 0 Å². The molecule has 41 heavy (non-hydrogen) atoms. The largest absolute Gasteiger partial charge is 0.378 e. The van der Waals surface area contributed by atoms with Crippen molar-refractivity contribution < 1.29 is 18.3 Å². The molecule has 0 atom stereocenters. The number of aromatic nitrogens is 1. The van der Waals surface area contributed by atoms with Gasteiger partial charge in [0, 0.05) is 19.3 Å². The zero-order chi connectivity index (χ0) is 30.6. The SMILES string of the molecule is CC.CC.CC.CNCCC1=C(C=O)CC=C(c2ccnc(/C=C/c3cc(F)c(N4CCOCC4)c(F)c3)c2)CC1. The van der Waals surface area contributed by atoms with Crippen molar-refractivity contribution in [3.05, 3.63) is 76.1 Å². The molecule has 0 amide bonds. The topological polar surface area (TPSA) is 54.5 Å². The highest BCUT2D eigenvalue weighted by molar-refractivity contribution is 5.78. The van der Waals surface area contributed by atoms with Gasteiger partial charge in [0.25, 0.3) is 0 Å². The number of morpholine rings is 1. The van der Waals surface area contributed by atoms with Gasteiger partial charge in [-0.05, 0) is 91.9 Å². The molecule has 2 heterocycles. The van der Waals surface area contributed by atoms with Crippen LogP contribution in [-0.4, -0.2) is 51.2 Å². The second-order valence-electron chi connectivity index (χ2n) is 8.77. The molecule has 1 N–H and O–H groups in total. The first-order chi connectivity index (χ1) is 20.1. The Bertz CT molecular complexity index is 1130. The number of rotatable bonds is 8. The molecule has 1 aromatic heterocycles. The van der Waals surface area contributed by atoms with Crippen LogP contribution in [0.15, 0.2) is 47.7 Å². The van der Waals surface area contributed by atoms with Crippen molar-refractivity contribution in [1.29, 1.82) is 0 Å². The number of anilines is 1. The van der Waals surface area contributed by atoms with Crippen molar-refractivity contribution in [3.8, 4) is 0 Å². The molecule has 1 fully saturated rings. The normalized spacial score (nSPS) is 15.0. The second-order valence-corrected chi connectivity index (χ2v) is 8.77. The molecule has 1 aliphatic heterocycles. The van der Waals surface area contributed by atoms with E-state index in [1.54, 1.807) is 23.2 Å². The summed E-state index contributed by atoms with van der Waals surface area (Å²) in [5, 5.41) is 3.15. The monoisotopic (exact) mass is 569 g/mol. The number of carbonyl (C=O) groups is 1. The average molecular weight is 570 g/mol. The predicted octanol–water partition coefficient (Wildman–Crippen LogP) is 8.12. The average Bonchev–Trinajstić information content (AvgIpc) is 3.24. The maximum Gasteiger partial charge on any atom is 0.150 e. The van der Waals surface area contributed by atoms with Crippen molar-refractivity contribution in [3.63, 3.8) is 0 Å². The molecule has 5 nitrogen and oxygen atoms in total. The van der Waals surface area contributed by atoms with Crippen LogP contribution in [0, 0.1) is 11.6 Å². The van der Waals surface area contributed by atoms with E-state index in [0.717, 1.165) is 43.2 Å². The fraction of sp³-hybridized carbons (Fsp3) is 0.471. The van der Waals surface area contributed by atoms with Crippen LogP contribution in [-0.2, 0) is 9.53 Å². The number of hydrogen-bond acceptors (Lipinski definition) is 5. The number of carbonyl (C=O) groups excluding carboxylic acids is 1. The molecule has 0 unspecified atom stereocenters. The molecular formula is C34H49F2N3O2. The number of nitrogens with zero attached hydrogens (tertiary/aromatic N) is 2. The van der Waals surface area contributed by atoms with E-state index in [4.69, 9.17) is 4.74 Å². The number of ether oxygens (including phenoxy) is 1. The van der Waals surface area contributed by atoms with E-state index in [1.807, 2.05) is 60.7 Å². The summed E-state index contributed by atoms with van der Waals surface area (Å²) in [5.41, 5.74) is 5.43. The zero-order valence-electron chi connectivity index (χ0n) is 26.0. The number of benzene rings is 1. The number of nitrogens with one attached hydrogen (secondary N) is 1. The Balaban J connectivity index is 0.00000131. The Kier molecular flexibility index (Phi) is 18.1. The first kappa shape index (κ1) is 35.9. The highest BCUT2D eigenvalue weighted by atomic mass is 19.1. The van der Waals surface area contributed by atoms with E-state index >= 15 is 0 Å². The van der Waals surface area contributed by atoms with Crippen LogP contribution < -0.4 is 10.2 Å². The van der Waals surface area contributed by atoms with Gasteiger partial charge in [-0.15, -0.1) is 0 Å². The molecule has 1 saturated heterocycles. The summed E-state index contributed by atoms with van der Waals surface area (Å²) in [5.74, 6) is -1.16. The smallest absolute Gasteiger partial charge is 0.150 e. The predicted molar refractivity (Wildman–Crippen MR) is 170 cm³/mol. The first-order valence-corrected chi connectivity index (χ1v) is 15.0. The molecule has 0 saturated carbocycles. The Hall–Kier alpha value is -3.16. The molecule has 2 aliphatic rings. The molecular weight excluding hydrogens is 520 g/mol. The number of halogens is 2. The summed E-state index contributed by atoms with van der Waals surface area (Å²) in [6.07, 6.45) is 11.5. The molecule has 2 aromatic rings. The van der Waals surface area contributed by atoms with Crippen LogP contribution in [0.1, 0.15) is 84.0 Å². The van der Waals surface area contributed by atoms with Crippen LogP contribution in [0.25, 0.3) is 17.7 Å². The fourth-order valence-corrected chi connectivity index (χ4v) is 4.57. The highest BCUT2D eigenvalue weighted by Gasteiger charge is 2.20. The van der Waals surface area contributed by atoms with Gasteiger partial charge >= 0.3 is 0 Å².